The molecule has 0 aromatic rings. The molecule has 116 valence electrons. The number of likely N-dealkylation sites (N-methyl/N-ethyl adjacent to an activating group) is 1. The van der Waals surface area contributed by atoms with Crippen LogP contribution in [0.25, 0.3) is 0 Å². The molecule has 0 radical (unpaired) electrons. The number of hydrogen-bond acceptors (Lipinski definition) is 3. The lowest BCUT2D eigenvalue weighted by Gasteiger charge is -2.31. The molecule has 2 saturated carbocycles. The topological polar surface area (TPSA) is 52.6 Å². The molecule has 2 N–H and O–H groups in total. The van der Waals surface area contributed by atoms with Crippen LogP contribution in [-0.4, -0.2) is 48.2 Å². The van der Waals surface area contributed by atoms with Crippen LogP contribution in [0.5, 0.6) is 0 Å². The molecular weight excluding hydrogens is 252 g/mol. The molecule has 4 nitrogen and oxygen atoms in total. The van der Waals surface area contributed by atoms with E-state index in [1.165, 1.54) is 25.7 Å². The highest BCUT2D eigenvalue weighted by Gasteiger charge is 2.40. The van der Waals surface area contributed by atoms with E-state index >= 15 is 0 Å². The lowest BCUT2D eigenvalue weighted by atomic mass is 9.88. The average Bonchev–Trinajstić information content (AvgIpc) is 2.99. The van der Waals surface area contributed by atoms with Gasteiger partial charge in [0.15, 0.2) is 0 Å². The van der Waals surface area contributed by atoms with Crippen LogP contribution in [0.2, 0.25) is 0 Å². The lowest BCUT2D eigenvalue weighted by molar-refractivity contribution is -0.144. The Morgan fingerprint density at radius 2 is 2.15 bits per heavy atom. The summed E-state index contributed by atoms with van der Waals surface area (Å²) in [7, 11) is 2.14. The van der Waals surface area contributed by atoms with Crippen molar-refractivity contribution in [2.75, 3.05) is 26.7 Å². The summed E-state index contributed by atoms with van der Waals surface area (Å²) >= 11 is 0. The van der Waals surface area contributed by atoms with Gasteiger partial charge in [0.25, 0.3) is 0 Å². The van der Waals surface area contributed by atoms with Crippen molar-refractivity contribution in [3.8, 4) is 0 Å². The molecule has 0 amide bonds. The lowest BCUT2D eigenvalue weighted by Crippen LogP contribution is -2.51. The Morgan fingerprint density at radius 1 is 1.40 bits per heavy atom. The first-order chi connectivity index (χ1) is 9.44. The van der Waals surface area contributed by atoms with E-state index in [-0.39, 0.29) is 0 Å². The Hall–Kier alpha value is -0.610. The molecule has 0 spiro atoms. The number of hydrogen-bond donors (Lipinski definition) is 2. The standard InChI is InChI=1S/C16H30N2O2/c1-4-17-16(2,15(19)20)7-8-18(3)11-14-10-12-5-6-13(14)9-12/h12-14,17H,4-11H2,1-3H3,(H,19,20). The number of nitrogens with one attached hydrogen (secondary N) is 1. The Bertz CT molecular complexity index is 347. The third-order valence-electron chi connectivity index (χ3n) is 5.46. The van der Waals surface area contributed by atoms with Gasteiger partial charge in [-0.1, -0.05) is 13.3 Å². The number of carboxylic acid groups (broad SMARTS) is 1. The molecular formula is C16H30N2O2. The minimum Gasteiger partial charge on any atom is -0.480 e. The fraction of sp³-hybridized carbons (Fsp3) is 0.938. The molecule has 2 aliphatic rings. The zero-order chi connectivity index (χ0) is 14.8. The normalized spacial score (nSPS) is 31.7. The summed E-state index contributed by atoms with van der Waals surface area (Å²) in [5.41, 5.74) is -0.794. The first-order valence-corrected chi connectivity index (χ1v) is 8.11. The van der Waals surface area contributed by atoms with Crippen LogP contribution in [0.4, 0.5) is 0 Å². The van der Waals surface area contributed by atoms with Gasteiger partial charge < -0.3 is 15.3 Å². The summed E-state index contributed by atoms with van der Waals surface area (Å²) in [6, 6.07) is 0. The highest BCUT2D eigenvalue weighted by molar-refractivity contribution is 5.78. The molecule has 0 saturated heterocycles. The van der Waals surface area contributed by atoms with Crippen molar-refractivity contribution in [1.82, 2.24) is 10.2 Å². The van der Waals surface area contributed by atoms with E-state index in [9.17, 15) is 9.90 Å². The Labute approximate surface area is 122 Å². The van der Waals surface area contributed by atoms with Crippen molar-refractivity contribution in [1.29, 1.82) is 0 Å². The van der Waals surface area contributed by atoms with Gasteiger partial charge >= 0.3 is 5.97 Å². The van der Waals surface area contributed by atoms with Crippen LogP contribution in [-0.2, 0) is 4.79 Å². The van der Waals surface area contributed by atoms with E-state index in [1.54, 1.807) is 6.92 Å². The largest absolute Gasteiger partial charge is 0.480 e. The average molecular weight is 282 g/mol. The van der Waals surface area contributed by atoms with Crippen LogP contribution < -0.4 is 5.32 Å². The molecule has 2 fully saturated rings. The SMILES string of the molecule is CCNC(C)(CCN(C)CC1CC2CCC1C2)C(=O)O. The summed E-state index contributed by atoms with van der Waals surface area (Å²) in [5, 5.41) is 12.5. The predicted molar refractivity (Wildman–Crippen MR) is 80.8 cm³/mol. The second kappa shape index (κ2) is 6.44. The maximum atomic E-state index is 11.4. The number of carboxylic acids is 1. The molecule has 2 bridgehead atoms. The van der Waals surface area contributed by atoms with Crippen molar-refractivity contribution in [3.05, 3.63) is 0 Å². The van der Waals surface area contributed by atoms with Crippen LogP contribution in [0.3, 0.4) is 0 Å². The summed E-state index contributed by atoms with van der Waals surface area (Å²) in [4.78, 5) is 13.7. The highest BCUT2D eigenvalue weighted by atomic mass is 16.4. The molecule has 2 rings (SSSR count). The van der Waals surface area contributed by atoms with Crippen LogP contribution in [0.1, 0.15) is 46.0 Å². The zero-order valence-corrected chi connectivity index (χ0v) is 13.2. The van der Waals surface area contributed by atoms with E-state index in [0.717, 1.165) is 30.8 Å². The van der Waals surface area contributed by atoms with Crippen molar-refractivity contribution in [2.45, 2.75) is 51.5 Å². The van der Waals surface area contributed by atoms with Crippen molar-refractivity contribution >= 4 is 5.97 Å². The van der Waals surface area contributed by atoms with Gasteiger partial charge in [0.1, 0.15) is 5.54 Å². The minimum absolute atomic E-state index is 0.660. The first-order valence-electron chi connectivity index (χ1n) is 8.11. The monoisotopic (exact) mass is 282 g/mol. The van der Waals surface area contributed by atoms with Crippen LogP contribution in [0, 0.1) is 17.8 Å². The molecule has 4 heteroatoms. The van der Waals surface area contributed by atoms with Gasteiger partial charge in [-0.2, -0.15) is 0 Å². The quantitative estimate of drug-likeness (QED) is 0.716. The summed E-state index contributed by atoms with van der Waals surface area (Å²) in [5.74, 6) is 2.05. The van der Waals surface area contributed by atoms with Crippen molar-refractivity contribution < 1.29 is 9.90 Å². The van der Waals surface area contributed by atoms with Gasteiger partial charge in [-0.25, -0.2) is 0 Å². The third kappa shape index (κ3) is 3.53. The third-order valence-corrected chi connectivity index (χ3v) is 5.46. The fourth-order valence-corrected chi connectivity index (χ4v) is 4.17. The van der Waals surface area contributed by atoms with E-state index in [1.807, 2.05) is 6.92 Å². The Morgan fingerprint density at radius 3 is 2.65 bits per heavy atom. The number of rotatable bonds is 8. The smallest absolute Gasteiger partial charge is 0.323 e. The molecule has 0 aromatic heterocycles. The second-order valence-electron chi connectivity index (χ2n) is 7.11. The van der Waals surface area contributed by atoms with Gasteiger partial charge in [-0.15, -0.1) is 0 Å². The predicted octanol–water partition coefficient (Wildman–Crippen LogP) is 2.20. The fourth-order valence-electron chi connectivity index (χ4n) is 4.17. The maximum Gasteiger partial charge on any atom is 0.323 e. The molecule has 0 aliphatic heterocycles. The minimum atomic E-state index is -0.794. The summed E-state index contributed by atoms with van der Waals surface area (Å²) < 4.78 is 0. The first kappa shape index (κ1) is 15.8. The van der Waals surface area contributed by atoms with Crippen LogP contribution >= 0.6 is 0 Å². The van der Waals surface area contributed by atoms with Gasteiger partial charge in [-0.05, 0) is 64.0 Å². The van der Waals surface area contributed by atoms with E-state index < -0.39 is 11.5 Å². The molecule has 20 heavy (non-hydrogen) atoms. The Kier molecular flexibility index (Phi) is 5.08. The number of aliphatic carboxylic acids is 1. The maximum absolute atomic E-state index is 11.4. The molecule has 0 aromatic carbocycles. The van der Waals surface area contributed by atoms with E-state index in [4.69, 9.17) is 0 Å². The molecule has 4 unspecified atom stereocenters. The van der Waals surface area contributed by atoms with Crippen LogP contribution in [0.15, 0.2) is 0 Å². The van der Waals surface area contributed by atoms with Crippen molar-refractivity contribution in [2.24, 2.45) is 17.8 Å². The van der Waals surface area contributed by atoms with Gasteiger partial charge in [0.05, 0.1) is 0 Å². The zero-order valence-electron chi connectivity index (χ0n) is 13.2. The van der Waals surface area contributed by atoms with Crippen molar-refractivity contribution in [3.63, 3.8) is 0 Å². The number of nitrogens with zero attached hydrogens (tertiary/aromatic N) is 1. The number of carbonyl (C=O) groups is 1. The van der Waals surface area contributed by atoms with Gasteiger partial charge in [0.2, 0.25) is 0 Å². The Balaban J connectivity index is 1.76. The summed E-state index contributed by atoms with van der Waals surface area (Å²) in [6.45, 7) is 6.44. The molecule has 0 heterocycles. The van der Waals surface area contributed by atoms with Gasteiger partial charge in [-0.3, -0.25) is 4.79 Å². The molecule has 2 aliphatic carbocycles. The molecule has 4 atom stereocenters. The van der Waals surface area contributed by atoms with E-state index in [2.05, 4.69) is 17.3 Å². The summed E-state index contributed by atoms with van der Waals surface area (Å²) in [6.07, 6.45) is 6.38. The van der Waals surface area contributed by atoms with E-state index in [0.29, 0.717) is 13.0 Å². The number of fused-ring (bicyclic) bond motifs is 2. The second-order valence-corrected chi connectivity index (χ2v) is 7.11. The highest BCUT2D eigenvalue weighted by Crippen LogP contribution is 2.48. The van der Waals surface area contributed by atoms with Gasteiger partial charge in [0, 0.05) is 13.1 Å².